The molecule has 0 bridgehead atoms. The van der Waals surface area contributed by atoms with Gasteiger partial charge in [-0.25, -0.2) is 0 Å². The molecule has 4 nitrogen and oxygen atoms in total. The number of benzene rings is 1. The smallest absolute Gasteiger partial charge is 0.333 e. The molecule has 1 aliphatic carbocycles. The quantitative estimate of drug-likeness (QED) is 0.587. The molecule has 0 N–H and O–H groups in total. The van der Waals surface area contributed by atoms with E-state index < -0.39 is 11.5 Å². The van der Waals surface area contributed by atoms with Gasteiger partial charge in [-0.05, 0) is 47.8 Å². The fraction of sp³-hybridized carbons (Fsp3) is 0.429. The summed E-state index contributed by atoms with van der Waals surface area (Å²) in [6.45, 7) is 2.24. The number of ether oxygens (including phenoxy) is 2. The van der Waals surface area contributed by atoms with Gasteiger partial charge in [0.25, 0.3) is 0 Å². The van der Waals surface area contributed by atoms with E-state index in [9.17, 15) is 14.0 Å². The molecule has 6 heteroatoms. The molecule has 0 spiro atoms. The van der Waals surface area contributed by atoms with E-state index in [0.717, 1.165) is 0 Å². The lowest BCUT2D eigenvalue weighted by molar-refractivity contribution is -0.150. The van der Waals surface area contributed by atoms with Gasteiger partial charge in [-0.15, -0.1) is 0 Å². The largest absolute Gasteiger partial charge is 0.491 e. The van der Waals surface area contributed by atoms with Gasteiger partial charge in [0.15, 0.2) is 0 Å². The van der Waals surface area contributed by atoms with Crippen LogP contribution in [0.4, 0.5) is 4.39 Å². The zero-order valence-electron chi connectivity index (χ0n) is 10.9. The molecule has 1 aromatic carbocycles. The molecule has 1 aromatic rings. The molecule has 0 radical (unpaired) electrons. The molecule has 0 heterocycles. The summed E-state index contributed by atoms with van der Waals surface area (Å²) in [5, 5.41) is 0. The zero-order valence-corrected chi connectivity index (χ0v) is 12.5. The van der Waals surface area contributed by atoms with Crippen molar-refractivity contribution >= 4 is 27.9 Å². The lowest BCUT2D eigenvalue weighted by atomic mass is 10.1. The number of carbonyl (C=O) groups is 2. The topological polar surface area (TPSA) is 52.6 Å². The van der Waals surface area contributed by atoms with Crippen molar-refractivity contribution in [3.8, 4) is 5.75 Å². The number of carbonyl (C=O) groups excluding carboxylic acids is 2. The Morgan fingerprint density at radius 1 is 1.40 bits per heavy atom. The van der Waals surface area contributed by atoms with Gasteiger partial charge in [0.2, 0.25) is 0 Å². The summed E-state index contributed by atoms with van der Waals surface area (Å²) >= 11 is 3.14. The molecule has 0 unspecified atom stereocenters. The van der Waals surface area contributed by atoms with Crippen molar-refractivity contribution in [1.82, 2.24) is 0 Å². The predicted molar refractivity (Wildman–Crippen MR) is 73.4 cm³/mol. The normalized spacial score (nSPS) is 15.6. The summed E-state index contributed by atoms with van der Waals surface area (Å²) in [4.78, 5) is 22.6. The molecule has 0 saturated heterocycles. The summed E-state index contributed by atoms with van der Waals surface area (Å²) in [7, 11) is 0. The molecular weight excluding hydrogens is 331 g/mol. The summed E-state index contributed by atoms with van der Waals surface area (Å²) in [6.07, 6.45) is 1.43. The van der Waals surface area contributed by atoms with Crippen LogP contribution < -0.4 is 4.74 Å². The van der Waals surface area contributed by atoms with E-state index in [0.29, 0.717) is 25.2 Å². The van der Waals surface area contributed by atoms with Crippen molar-refractivity contribution in [1.29, 1.82) is 0 Å². The van der Waals surface area contributed by atoms with Crippen molar-refractivity contribution < 1.29 is 23.5 Å². The predicted octanol–water partition coefficient (Wildman–Crippen LogP) is 3.28. The Morgan fingerprint density at radius 3 is 2.65 bits per heavy atom. The molecule has 20 heavy (non-hydrogen) atoms. The van der Waals surface area contributed by atoms with Crippen LogP contribution in [0.1, 0.15) is 30.1 Å². The van der Waals surface area contributed by atoms with Gasteiger partial charge in [-0.2, -0.15) is 4.39 Å². The molecule has 0 amide bonds. The fourth-order valence-electron chi connectivity index (χ4n) is 1.83. The third kappa shape index (κ3) is 3.00. The Balaban J connectivity index is 2.07. The fourth-order valence-corrected chi connectivity index (χ4v) is 2.37. The second-order valence-electron chi connectivity index (χ2n) is 4.68. The third-order valence-electron chi connectivity index (χ3n) is 3.24. The Hall–Kier alpha value is -1.43. The highest BCUT2D eigenvalue weighted by molar-refractivity contribution is 9.10. The Kier molecular flexibility index (Phi) is 4.42. The van der Waals surface area contributed by atoms with Gasteiger partial charge in [0.1, 0.15) is 17.8 Å². The van der Waals surface area contributed by atoms with Crippen molar-refractivity contribution in [3.05, 3.63) is 28.2 Å². The highest BCUT2D eigenvalue weighted by atomic mass is 79.9. The summed E-state index contributed by atoms with van der Waals surface area (Å²) in [6, 6.07) is 2.96. The monoisotopic (exact) mass is 344 g/mol. The Labute approximate surface area is 124 Å². The van der Waals surface area contributed by atoms with Crippen molar-refractivity contribution in [2.75, 3.05) is 13.2 Å². The Bertz CT molecular complexity index is 540. The minimum atomic E-state index is -1.53. The molecule has 1 aliphatic rings. The van der Waals surface area contributed by atoms with E-state index in [1.165, 1.54) is 12.1 Å². The second kappa shape index (κ2) is 5.91. The lowest BCUT2D eigenvalue weighted by Gasteiger charge is -2.16. The molecule has 108 valence electrons. The van der Waals surface area contributed by atoms with Crippen LogP contribution in [0.15, 0.2) is 22.7 Å². The SMILES string of the molecule is CCOC(=O)C1(COc2cccc(C(=O)F)c2Br)CC1. The van der Waals surface area contributed by atoms with Crippen LogP contribution in [0.3, 0.4) is 0 Å². The molecule has 0 aromatic heterocycles. The number of hydrogen-bond donors (Lipinski definition) is 0. The number of halogens is 2. The maximum Gasteiger partial charge on any atom is 0.333 e. The molecule has 2 rings (SSSR count). The van der Waals surface area contributed by atoms with Gasteiger partial charge in [0, 0.05) is 0 Å². The second-order valence-corrected chi connectivity index (χ2v) is 5.47. The molecule has 1 fully saturated rings. The van der Waals surface area contributed by atoms with Crippen LogP contribution in [0.25, 0.3) is 0 Å². The van der Waals surface area contributed by atoms with Crippen LogP contribution in [0.2, 0.25) is 0 Å². The number of esters is 1. The average Bonchev–Trinajstić information content (AvgIpc) is 3.19. The first kappa shape index (κ1) is 15.0. The van der Waals surface area contributed by atoms with Crippen molar-refractivity contribution in [2.24, 2.45) is 5.41 Å². The van der Waals surface area contributed by atoms with Gasteiger partial charge in [-0.1, -0.05) is 6.07 Å². The summed E-state index contributed by atoms with van der Waals surface area (Å²) < 4.78 is 23.6. The van der Waals surface area contributed by atoms with Crippen LogP contribution >= 0.6 is 15.9 Å². The molecular formula is C14H14BrFO4. The average molecular weight is 345 g/mol. The van der Waals surface area contributed by atoms with Crippen molar-refractivity contribution in [2.45, 2.75) is 19.8 Å². The van der Waals surface area contributed by atoms with E-state index in [1.54, 1.807) is 13.0 Å². The van der Waals surface area contributed by atoms with E-state index in [4.69, 9.17) is 9.47 Å². The summed E-state index contributed by atoms with van der Waals surface area (Å²) in [5.41, 5.74) is -0.686. The van der Waals surface area contributed by atoms with Crippen LogP contribution in [0.5, 0.6) is 5.75 Å². The van der Waals surface area contributed by atoms with E-state index in [1.807, 2.05) is 0 Å². The minimum absolute atomic E-state index is 0.0940. The third-order valence-corrected chi connectivity index (χ3v) is 4.06. The van der Waals surface area contributed by atoms with Gasteiger partial charge in [-0.3, -0.25) is 9.59 Å². The van der Waals surface area contributed by atoms with Crippen LogP contribution in [-0.4, -0.2) is 25.2 Å². The first-order valence-electron chi connectivity index (χ1n) is 6.28. The first-order valence-corrected chi connectivity index (χ1v) is 7.08. The van der Waals surface area contributed by atoms with Gasteiger partial charge in [0.05, 0.1) is 16.6 Å². The number of rotatable bonds is 6. The molecule has 0 aliphatic heterocycles. The maximum absolute atomic E-state index is 12.8. The first-order chi connectivity index (χ1) is 9.50. The summed E-state index contributed by atoms with van der Waals surface area (Å²) in [5.74, 6) is 0.0675. The lowest BCUT2D eigenvalue weighted by Crippen LogP contribution is -2.25. The molecule has 0 atom stereocenters. The Morgan fingerprint density at radius 2 is 2.10 bits per heavy atom. The standard InChI is InChI=1S/C14H14BrFO4/c1-2-19-13(18)14(6-7-14)8-20-10-5-3-4-9(11(10)15)12(16)17/h3-5H,2,6-8H2,1H3. The van der Waals surface area contributed by atoms with E-state index in [2.05, 4.69) is 15.9 Å². The van der Waals surface area contributed by atoms with E-state index >= 15 is 0 Å². The van der Waals surface area contributed by atoms with Crippen LogP contribution in [-0.2, 0) is 9.53 Å². The van der Waals surface area contributed by atoms with Gasteiger partial charge < -0.3 is 9.47 Å². The highest BCUT2D eigenvalue weighted by Crippen LogP contribution is 2.47. The van der Waals surface area contributed by atoms with Crippen molar-refractivity contribution in [3.63, 3.8) is 0 Å². The maximum atomic E-state index is 12.8. The van der Waals surface area contributed by atoms with E-state index in [-0.39, 0.29) is 22.6 Å². The zero-order chi connectivity index (χ0) is 14.8. The number of hydrogen-bond acceptors (Lipinski definition) is 4. The molecule has 1 saturated carbocycles. The van der Waals surface area contributed by atoms with Crippen LogP contribution in [0, 0.1) is 5.41 Å². The van der Waals surface area contributed by atoms with Gasteiger partial charge >= 0.3 is 12.0 Å². The minimum Gasteiger partial charge on any atom is -0.491 e. The highest BCUT2D eigenvalue weighted by Gasteiger charge is 2.52.